The summed E-state index contributed by atoms with van der Waals surface area (Å²) in [7, 11) is 0. The van der Waals surface area contributed by atoms with Crippen LogP contribution in [0.1, 0.15) is 11.4 Å². The first-order chi connectivity index (χ1) is 10.8. The van der Waals surface area contributed by atoms with Crippen molar-refractivity contribution in [2.24, 2.45) is 0 Å². The number of aromatic nitrogens is 3. The maximum absolute atomic E-state index is 9.43. The predicted molar refractivity (Wildman–Crippen MR) is 83.1 cm³/mol. The van der Waals surface area contributed by atoms with E-state index >= 15 is 0 Å². The van der Waals surface area contributed by atoms with E-state index in [1.807, 2.05) is 42.5 Å². The molecule has 0 saturated heterocycles. The second kappa shape index (κ2) is 6.60. The van der Waals surface area contributed by atoms with Crippen molar-refractivity contribution in [2.75, 3.05) is 0 Å². The smallest absolute Gasteiger partial charge is 0.132 e. The van der Waals surface area contributed by atoms with Gasteiger partial charge < -0.3 is 9.84 Å². The zero-order valence-electron chi connectivity index (χ0n) is 11.7. The predicted octanol–water partition coefficient (Wildman–Crippen LogP) is 2.99. The molecule has 0 bridgehead atoms. The van der Waals surface area contributed by atoms with E-state index < -0.39 is 0 Å². The number of ether oxygens (including phenoxy) is 1. The van der Waals surface area contributed by atoms with Gasteiger partial charge in [-0.25, -0.2) is 4.68 Å². The van der Waals surface area contributed by atoms with Crippen molar-refractivity contribution in [1.29, 1.82) is 0 Å². The van der Waals surface area contributed by atoms with Gasteiger partial charge in [-0.15, -0.1) is 5.10 Å². The highest BCUT2D eigenvalue weighted by Gasteiger charge is 2.14. The third kappa shape index (κ3) is 3.10. The average Bonchev–Trinajstić information content (AvgIpc) is 2.97. The van der Waals surface area contributed by atoms with Gasteiger partial charge in [-0.1, -0.05) is 35.0 Å². The van der Waals surface area contributed by atoms with E-state index in [2.05, 4.69) is 10.3 Å². The monoisotopic (exact) mass is 315 g/mol. The molecule has 5 nitrogen and oxygen atoms in total. The number of para-hydroxylation sites is 1. The topological polar surface area (TPSA) is 60.2 Å². The number of nitrogens with zero attached hydrogens (tertiary/aromatic N) is 3. The molecule has 0 aliphatic rings. The van der Waals surface area contributed by atoms with Crippen LogP contribution in [0.2, 0.25) is 5.02 Å². The Morgan fingerprint density at radius 3 is 2.45 bits per heavy atom. The Morgan fingerprint density at radius 1 is 1.05 bits per heavy atom. The highest BCUT2D eigenvalue weighted by molar-refractivity contribution is 6.30. The van der Waals surface area contributed by atoms with Crippen LogP contribution in [-0.2, 0) is 13.2 Å². The first kappa shape index (κ1) is 14.6. The van der Waals surface area contributed by atoms with E-state index in [4.69, 9.17) is 16.3 Å². The van der Waals surface area contributed by atoms with Crippen molar-refractivity contribution >= 4 is 11.6 Å². The van der Waals surface area contributed by atoms with E-state index in [-0.39, 0.29) is 13.2 Å². The fraction of sp³-hybridized carbons (Fsp3) is 0.125. The maximum atomic E-state index is 9.43. The summed E-state index contributed by atoms with van der Waals surface area (Å²) >= 11 is 5.90. The summed E-state index contributed by atoms with van der Waals surface area (Å²) in [4.78, 5) is 0. The summed E-state index contributed by atoms with van der Waals surface area (Å²) in [6.45, 7) is 0.0661. The molecule has 0 aliphatic heterocycles. The largest absolute Gasteiger partial charge is 0.487 e. The normalized spacial score (nSPS) is 10.6. The van der Waals surface area contributed by atoms with Crippen molar-refractivity contribution < 1.29 is 9.84 Å². The SMILES string of the molecule is OCc1nnn(-c2ccc(Cl)cc2)c1COc1ccccc1. The molecule has 1 heterocycles. The molecule has 0 aliphatic carbocycles. The lowest BCUT2D eigenvalue weighted by atomic mass is 10.3. The number of benzene rings is 2. The first-order valence-electron chi connectivity index (χ1n) is 6.76. The van der Waals surface area contributed by atoms with E-state index in [9.17, 15) is 5.11 Å². The minimum atomic E-state index is -0.193. The quantitative estimate of drug-likeness (QED) is 0.786. The minimum absolute atomic E-state index is 0.193. The summed E-state index contributed by atoms with van der Waals surface area (Å²) in [6.07, 6.45) is 0. The maximum Gasteiger partial charge on any atom is 0.132 e. The molecule has 0 radical (unpaired) electrons. The Bertz CT molecular complexity index is 742. The Kier molecular flexibility index (Phi) is 4.37. The van der Waals surface area contributed by atoms with E-state index in [0.717, 1.165) is 11.4 Å². The molecule has 0 unspecified atom stereocenters. The van der Waals surface area contributed by atoms with Crippen molar-refractivity contribution in [2.45, 2.75) is 13.2 Å². The molecule has 112 valence electrons. The molecular weight excluding hydrogens is 302 g/mol. The molecule has 0 spiro atoms. The van der Waals surface area contributed by atoms with Gasteiger partial charge >= 0.3 is 0 Å². The van der Waals surface area contributed by atoms with Gasteiger partial charge in [0.15, 0.2) is 0 Å². The van der Waals surface area contributed by atoms with Crippen LogP contribution in [-0.4, -0.2) is 20.1 Å². The second-order valence-electron chi connectivity index (χ2n) is 4.63. The minimum Gasteiger partial charge on any atom is -0.487 e. The highest BCUT2D eigenvalue weighted by atomic mass is 35.5. The van der Waals surface area contributed by atoms with Crippen molar-refractivity contribution in [1.82, 2.24) is 15.0 Å². The molecule has 3 aromatic rings. The number of hydrogen-bond donors (Lipinski definition) is 1. The molecule has 1 aromatic heterocycles. The molecule has 2 aromatic carbocycles. The molecule has 3 rings (SSSR count). The first-order valence-corrected chi connectivity index (χ1v) is 7.14. The standard InChI is InChI=1S/C16H14ClN3O2/c17-12-6-8-13(9-7-12)20-16(15(10-21)18-19-20)11-22-14-4-2-1-3-5-14/h1-9,21H,10-11H2. The van der Waals surface area contributed by atoms with Gasteiger partial charge in [0.2, 0.25) is 0 Å². The summed E-state index contributed by atoms with van der Waals surface area (Å²) in [5.41, 5.74) is 2.00. The van der Waals surface area contributed by atoms with E-state index in [0.29, 0.717) is 16.4 Å². The lowest BCUT2D eigenvalue weighted by Gasteiger charge is -2.09. The summed E-state index contributed by atoms with van der Waals surface area (Å²) < 4.78 is 7.38. The summed E-state index contributed by atoms with van der Waals surface area (Å²) in [5.74, 6) is 0.746. The number of aliphatic hydroxyl groups excluding tert-OH is 1. The van der Waals surface area contributed by atoms with Gasteiger partial charge in [-0.3, -0.25) is 0 Å². The number of rotatable bonds is 5. The lowest BCUT2D eigenvalue weighted by molar-refractivity contribution is 0.263. The van der Waals surface area contributed by atoms with Gasteiger partial charge in [0.05, 0.1) is 12.3 Å². The van der Waals surface area contributed by atoms with Gasteiger partial charge in [0.25, 0.3) is 0 Å². The molecule has 1 N–H and O–H groups in total. The van der Waals surface area contributed by atoms with Gasteiger partial charge in [0, 0.05) is 5.02 Å². The van der Waals surface area contributed by atoms with Crippen molar-refractivity contribution in [3.05, 3.63) is 71.0 Å². The van der Waals surface area contributed by atoms with E-state index in [1.165, 1.54) is 0 Å². The Labute approximate surface area is 132 Å². The molecule has 22 heavy (non-hydrogen) atoms. The Balaban J connectivity index is 1.88. The Morgan fingerprint density at radius 2 is 1.77 bits per heavy atom. The molecule has 0 atom stereocenters. The Hall–Kier alpha value is -2.37. The number of halogens is 1. The van der Waals surface area contributed by atoms with Crippen LogP contribution >= 0.6 is 11.6 Å². The van der Waals surface area contributed by atoms with Crippen LogP contribution < -0.4 is 4.74 Å². The molecule has 0 saturated carbocycles. The van der Waals surface area contributed by atoms with Crippen LogP contribution in [0.25, 0.3) is 5.69 Å². The number of aliphatic hydroxyl groups is 1. The van der Waals surface area contributed by atoms with Crippen LogP contribution in [0.15, 0.2) is 54.6 Å². The van der Waals surface area contributed by atoms with Crippen LogP contribution in [0.5, 0.6) is 5.75 Å². The van der Waals surface area contributed by atoms with Crippen LogP contribution in [0, 0.1) is 0 Å². The molecule has 0 fully saturated rings. The van der Waals surface area contributed by atoms with Crippen LogP contribution in [0.4, 0.5) is 0 Å². The van der Waals surface area contributed by atoms with Crippen molar-refractivity contribution in [3.63, 3.8) is 0 Å². The lowest BCUT2D eigenvalue weighted by Crippen LogP contribution is -2.07. The highest BCUT2D eigenvalue weighted by Crippen LogP contribution is 2.18. The molecule has 6 heteroatoms. The number of hydrogen-bond acceptors (Lipinski definition) is 4. The zero-order chi connectivity index (χ0) is 15.4. The molecular formula is C16H14ClN3O2. The van der Waals surface area contributed by atoms with E-state index in [1.54, 1.807) is 16.8 Å². The molecule has 0 amide bonds. The fourth-order valence-corrected chi connectivity index (χ4v) is 2.18. The summed E-state index contributed by atoms with van der Waals surface area (Å²) in [6, 6.07) is 16.7. The average molecular weight is 316 g/mol. The zero-order valence-corrected chi connectivity index (χ0v) is 12.4. The third-order valence-electron chi connectivity index (χ3n) is 3.18. The van der Waals surface area contributed by atoms with Gasteiger partial charge in [-0.05, 0) is 36.4 Å². The van der Waals surface area contributed by atoms with Crippen LogP contribution in [0.3, 0.4) is 0 Å². The van der Waals surface area contributed by atoms with Gasteiger partial charge in [-0.2, -0.15) is 0 Å². The van der Waals surface area contributed by atoms with Gasteiger partial charge in [0.1, 0.15) is 23.7 Å². The second-order valence-corrected chi connectivity index (χ2v) is 5.07. The summed E-state index contributed by atoms with van der Waals surface area (Å²) in [5, 5.41) is 18.2. The van der Waals surface area contributed by atoms with Crippen molar-refractivity contribution in [3.8, 4) is 11.4 Å². The third-order valence-corrected chi connectivity index (χ3v) is 3.44. The fourth-order valence-electron chi connectivity index (χ4n) is 2.06.